The molecule has 0 N–H and O–H groups in total. The van der Waals surface area contributed by atoms with Crippen LogP contribution in [0.1, 0.15) is 41.0 Å². The van der Waals surface area contributed by atoms with Crippen molar-refractivity contribution in [1.82, 2.24) is 0 Å². The number of alkyl halides is 3. The Morgan fingerprint density at radius 1 is 1.20 bits per heavy atom. The zero-order valence-electron chi connectivity index (χ0n) is 10.9. The van der Waals surface area contributed by atoms with E-state index in [4.69, 9.17) is 4.74 Å². The number of rotatable bonds is 5. The Morgan fingerprint density at radius 3 is 2.35 bits per heavy atom. The highest BCUT2D eigenvalue weighted by Crippen LogP contribution is 2.37. The molecule has 0 aromatic heterocycles. The van der Waals surface area contributed by atoms with E-state index >= 15 is 0 Å². The Bertz CT molecular complexity index is 512. The summed E-state index contributed by atoms with van der Waals surface area (Å²) < 4.78 is 41.7. The lowest BCUT2D eigenvalue weighted by molar-refractivity contribution is -0.0328. The second-order valence-electron chi connectivity index (χ2n) is 3.75. The first kappa shape index (κ1) is 16.6. The molecule has 7 heteroatoms. The highest BCUT2D eigenvalue weighted by molar-refractivity contribution is 8.00. The van der Waals surface area contributed by atoms with E-state index in [-0.39, 0.29) is 46.6 Å². The smallest absolute Gasteiger partial charge is 0.446 e. The number of ketones is 1. The predicted molar refractivity (Wildman–Crippen MR) is 68.9 cm³/mol. The van der Waals surface area contributed by atoms with Gasteiger partial charge in [0.15, 0.2) is 5.78 Å². The summed E-state index contributed by atoms with van der Waals surface area (Å²) in [5.74, 6) is -1.12. The molecule has 1 aromatic rings. The van der Waals surface area contributed by atoms with Crippen LogP contribution in [0.25, 0.3) is 0 Å². The normalized spacial score (nSPS) is 11.2. The maximum Gasteiger partial charge on any atom is 0.446 e. The van der Waals surface area contributed by atoms with Gasteiger partial charge in [-0.25, -0.2) is 4.79 Å². The molecule has 0 unspecified atom stereocenters. The van der Waals surface area contributed by atoms with Crippen LogP contribution in [0.3, 0.4) is 0 Å². The number of hydrogen-bond acceptors (Lipinski definition) is 4. The number of carbonyl (C=O) groups is 2. The van der Waals surface area contributed by atoms with Crippen molar-refractivity contribution in [3.05, 3.63) is 29.3 Å². The molecule has 0 fully saturated rings. The van der Waals surface area contributed by atoms with Crippen LogP contribution in [-0.4, -0.2) is 23.9 Å². The van der Waals surface area contributed by atoms with Gasteiger partial charge in [0, 0.05) is 16.9 Å². The van der Waals surface area contributed by atoms with Crippen molar-refractivity contribution in [2.75, 3.05) is 6.61 Å². The highest BCUT2D eigenvalue weighted by atomic mass is 32.2. The van der Waals surface area contributed by atoms with Gasteiger partial charge in [-0.05, 0) is 36.9 Å². The zero-order valence-corrected chi connectivity index (χ0v) is 11.7. The van der Waals surface area contributed by atoms with Crippen LogP contribution in [0.5, 0.6) is 0 Å². The Hall–Kier alpha value is -1.50. The van der Waals surface area contributed by atoms with Crippen LogP contribution in [-0.2, 0) is 4.74 Å². The van der Waals surface area contributed by atoms with E-state index in [2.05, 4.69) is 0 Å². The molecule has 0 aliphatic heterocycles. The minimum Gasteiger partial charge on any atom is -0.462 e. The first-order chi connectivity index (χ1) is 9.28. The van der Waals surface area contributed by atoms with E-state index in [1.807, 2.05) is 0 Å². The molecule has 0 amide bonds. The predicted octanol–water partition coefficient (Wildman–Crippen LogP) is 4.07. The number of ether oxygens (including phenoxy) is 1. The van der Waals surface area contributed by atoms with E-state index in [0.717, 1.165) is 6.07 Å². The molecule has 0 atom stereocenters. The molecular weight excluding hydrogens is 293 g/mol. The quantitative estimate of drug-likeness (QED) is 0.467. The number of Topliss-reactive ketones (excluding diaryl/α,β-unsaturated/α-hetero) is 1. The Labute approximate surface area is 118 Å². The molecule has 0 saturated heterocycles. The highest BCUT2D eigenvalue weighted by Gasteiger charge is 2.30. The second-order valence-corrected chi connectivity index (χ2v) is 4.89. The van der Waals surface area contributed by atoms with Gasteiger partial charge in [0.2, 0.25) is 0 Å². The van der Waals surface area contributed by atoms with Crippen LogP contribution >= 0.6 is 11.8 Å². The maximum absolute atomic E-state index is 12.3. The van der Waals surface area contributed by atoms with Crippen LogP contribution < -0.4 is 0 Å². The summed E-state index contributed by atoms with van der Waals surface area (Å²) in [6, 6.07) is 3.44. The number of halogens is 3. The standard InChI is InChI=1S/C13H13F3O3S/c1-3-11(17)9-6-5-8(20-13(14,15)16)7-10(9)12(18)19-4-2/h5-7H,3-4H2,1-2H3. The number of carbonyl (C=O) groups excluding carboxylic acids is 2. The number of esters is 1. The SMILES string of the molecule is CCOC(=O)c1cc(SC(F)(F)F)ccc1C(=O)CC. The average molecular weight is 306 g/mol. The third-order valence-corrected chi connectivity index (χ3v) is 3.06. The molecule has 1 rings (SSSR count). The largest absolute Gasteiger partial charge is 0.462 e. The van der Waals surface area contributed by atoms with E-state index in [0.29, 0.717) is 0 Å². The van der Waals surface area contributed by atoms with Crippen LogP contribution in [0.4, 0.5) is 13.2 Å². The fourth-order valence-electron chi connectivity index (χ4n) is 1.53. The first-order valence-electron chi connectivity index (χ1n) is 5.88. The van der Waals surface area contributed by atoms with Crippen molar-refractivity contribution in [3.8, 4) is 0 Å². The van der Waals surface area contributed by atoms with Crippen molar-refractivity contribution < 1.29 is 27.5 Å². The van der Waals surface area contributed by atoms with Crippen molar-refractivity contribution in [2.24, 2.45) is 0 Å². The third kappa shape index (κ3) is 4.56. The first-order valence-corrected chi connectivity index (χ1v) is 6.70. The minimum absolute atomic E-state index is 0.0786. The van der Waals surface area contributed by atoms with Crippen molar-refractivity contribution in [3.63, 3.8) is 0 Å². The van der Waals surface area contributed by atoms with Gasteiger partial charge in [0.25, 0.3) is 0 Å². The van der Waals surface area contributed by atoms with Gasteiger partial charge >= 0.3 is 11.5 Å². The molecule has 0 heterocycles. The lowest BCUT2D eigenvalue weighted by atomic mass is 10.0. The van der Waals surface area contributed by atoms with Crippen LogP contribution in [0, 0.1) is 0 Å². The molecule has 0 aliphatic carbocycles. The van der Waals surface area contributed by atoms with Gasteiger partial charge in [0.1, 0.15) is 0 Å². The molecule has 1 aromatic carbocycles. The molecular formula is C13H13F3O3S. The molecule has 110 valence electrons. The fourth-order valence-corrected chi connectivity index (χ4v) is 2.11. The fraction of sp³-hybridized carbons (Fsp3) is 0.385. The Balaban J connectivity index is 3.21. The van der Waals surface area contributed by atoms with E-state index < -0.39 is 11.5 Å². The van der Waals surface area contributed by atoms with E-state index in [1.165, 1.54) is 12.1 Å². The number of hydrogen-bond donors (Lipinski definition) is 0. The molecule has 0 saturated carbocycles. The van der Waals surface area contributed by atoms with Gasteiger partial charge in [-0.3, -0.25) is 4.79 Å². The molecule has 3 nitrogen and oxygen atoms in total. The summed E-state index contributed by atoms with van der Waals surface area (Å²) in [5, 5.41) is 0. The van der Waals surface area contributed by atoms with Crippen molar-refractivity contribution in [2.45, 2.75) is 30.7 Å². The molecule has 0 bridgehead atoms. The summed E-state index contributed by atoms with van der Waals surface area (Å²) in [4.78, 5) is 23.3. The molecule has 0 aliphatic rings. The summed E-state index contributed by atoms with van der Waals surface area (Å²) in [6.45, 7) is 3.26. The summed E-state index contributed by atoms with van der Waals surface area (Å²) >= 11 is -0.341. The summed E-state index contributed by atoms with van der Waals surface area (Å²) in [5.41, 5.74) is -4.51. The maximum atomic E-state index is 12.3. The van der Waals surface area contributed by atoms with Crippen molar-refractivity contribution >= 4 is 23.5 Å². The summed E-state index contributed by atoms with van der Waals surface area (Å²) in [6.07, 6.45) is 0.151. The van der Waals surface area contributed by atoms with Crippen LogP contribution in [0.2, 0.25) is 0 Å². The molecule has 0 radical (unpaired) electrons. The van der Waals surface area contributed by atoms with Gasteiger partial charge in [0.05, 0.1) is 12.2 Å². The van der Waals surface area contributed by atoms with Gasteiger partial charge in [-0.1, -0.05) is 6.92 Å². The second kappa shape index (κ2) is 6.78. The van der Waals surface area contributed by atoms with Crippen LogP contribution in [0.15, 0.2) is 23.1 Å². The topological polar surface area (TPSA) is 43.4 Å². The summed E-state index contributed by atoms with van der Waals surface area (Å²) in [7, 11) is 0. The molecule has 0 spiro atoms. The van der Waals surface area contributed by atoms with Gasteiger partial charge < -0.3 is 4.74 Å². The Kier molecular flexibility index (Phi) is 5.62. The minimum atomic E-state index is -4.46. The van der Waals surface area contributed by atoms with E-state index in [9.17, 15) is 22.8 Å². The Morgan fingerprint density at radius 2 is 1.85 bits per heavy atom. The van der Waals surface area contributed by atoms with Gasteiger partial charge in [-0.2, -0.15) is 13.2 Å². The number of thioether (sulfide) groups is 1. The van der Waals surface area contributed by atoms with Crippen molar-refractivity contribution in [1.29, 1.82) is 0 Å². The lowest BCUT2D eigenvalue weighted by Crippen LogP contribution is -2.12. The molecule has 20 heavy (non-hydrogen) atoms. The lowest BCUT2D eigenvalue weighted by Gasteiger charge is -2.11. The van der Waals surface area contributed by atoms with E-state index in [1.54, 1.807) is 13.8 Å². The third-order valence-electron chi connectivity index (χ3n) is 2.34. The monoisotopic (exact) mass is 306 g/mol. The number of benzene rings is 1. The average Bonchev–Trinajstić information content (AvgIpc) is 2.36. The zero-order chi connectivity index (χ0) is 15.3. The van der Waals surface area contributed by atoms with Gasteiger partial charge in [-0.15, -0.1) is 0 Å².